The van der Waals surface area contributed by atoms with Crippen molar-refractivity contribution in [3.05, 3.63) is 41.4 Å². The summed E-state index contributed by atoms with van der Waals surface area (Å²) in [5.74, 6) is -0.447. The Morgan fingerprint density at radius 1 is 1.10 bits per heavy atom. The molecule has 1 aromatic carbocycles. The van der Waals surface area contributed by atoms with E-state index >= 15 is 0 Å². The Morgan fingerprint density at radius 3 is 2.10 bits per heavy atom. The number of hydrogen-bond donors (Lipinski definition) is 0. The van der Waals surface area contributed by atoms with E-state index in [2.05, 4.69) is 0 Å². The summed E-state index contributed by atoms with van der Waals surface area (Å²) in [4.78, 5) is 12.1. The molecule has 1 aromatic rings. The molecule has 0 aliphatic carbocycles. The number of carbonyl (C=O) groups excluding carboxylic acids is 1. The molecule has 0 aromatic heterocycles. The van der Waals surface area contributed by atoms with Gasteiger partial charge >= 0.3 is 13.1 Å². The minimum atomic E-state index is -0.734. The van der Waals surface area contributed by atoms with E-state index in [4.69, 9.17) is 14.0 Å². The molecule has 0 saturated carbocycles. The summed E-state index contributed by atoms with van der Waals surface area (Å²) in [6.07, 6.45) is 1.74. The Kier molecular flexibility index (Phi) is 4.26. The molecular formula is C16H21BO4. The first-order chi connectivity index (χ1) is 9.77. The van der Waals surface area contributed by atoms with Gasteiger partial charge in [-0.1, -0.05) is 30.3 Å². The summed E-state index contributed by atoms with van der Waals surface area (Å²) in [7, 11) is 0.620. The van der Waals surface area contributed by atoms with Crippen LogP contribution in [0.2, 0.25) is 0 Å². The van der Waals surface area contributed by atoms with Crippen molar-refractivity contribution in [2.75, 3.05) is 7.11 Å². The van der Waals surface area contributed by atoms with Crippen LogP contribution >= 0.6 is 0 Å². The third kappa shape index (κ3) is 3.19. The van der Waals surface area contributed by atoms with Crippen molar-refractivity contribution >= 4 is 19.2 Å². The highest BCUT2D eigenvalue weighted by atomic mass is 16.7. The molecule has 4 nitrogen and oxygen atoms in total. The second-order valence-corrected chi connectivity index (χ2v) is 6.09. The first kappa shape index (κ1) is 15.8. The molecule has 0 N–H and O–H groups in total. The fraction of sp³-hybridized carbons (Fsp3) is 0.438. The highest BCUT2D eigenvalue weighted by molar-refractivity contribution is 6.62. The first-order valence-electron chi connectivity index (χ1n) is 6.97. The van der Waals surface area contributed by atoms with Gasteiger partial charge in [-0.25, -0.2) is 4.79 Å². The number of rotatable bonds is 3. The zero-order chi connectivity index (χ0) is 15.7. The first-order valence-corrected chi connectivity index (χ1v) is 6.97. The fourth-order valence-electron chi connectivity index (χ4n) is 2.04. The van der Waals surface area contributed by atoms with Gasteiger partial charge in [0.05, 0.1) is 23.8 Å². The van der Waals surface area contributed by atoms with E-state index in [0.29, 0.717) is 5.47 Å². The van der Waals surface area contributed by atoms with E-state index in [1.807, 2.05) is 58.0 Å². The van der Waals surface area contributed by atoms with Crippen molar-refractivity contribution in [2.45, 2.75) is 38.9 Å². The number of esters is 1. The van der Waals surface area contributed by atoms with Gasteiger partial charge in [0.15, 0.2) is 0 Å². The van der Waals surface area contributed by atoms with Gasteiger partial charge in [-0.05, 0) is 39.3 Å². The number of methoxy groups -OCH3 is 1. The van der Waals surface area contributed by atoms with Crippen molar-refractivity contribution in [3.63, 3.8) is 0 Å². The van der Waals surface area contributed by atoms with Crippen LogP contribution in [0.3, 0.4) is 0 Å². The molecule has 0 atom stereocenters. The van der Waals surface area contributed by atoms with Gasteiger partial charge in [0.25, 0.3) is 0 Å². The van der Waals surface area contributed by atoms with Crippen molar-refractivity contribution in [3.8, 4) is 0 Å². The molecule has 1 heterocycles. The molecule has 1 aliphatic heterocycles. The largest absolute Gasteiger partial charge is 0.502 e. The molecule has 0 unspecified atom stereocenters. The molecule has 1 saturated heterocycles. The van der Waals surface area contributed by atoms with Crippen LogP contribution < -0.4 is 0 Å². The minimum absolute atomic E-state index is 0.363. The lowest BCUT2D eigenvalue weighted by Gasteiger charge is -2.32. The van der Waals surface area contributed by atoms with Gasteiger partial charge < -0.3 is 14.0 Å². The SMILES string of the molecule is COC(=O)/C(=C/c1ccccc1)B1OC(C)(C)C(C)(C)O1. The molecule has 0 spiro atoms. The summed E-state index contributed by atoms with van der Waals surface area (Å²) >= 11 is 0. The lowest BCUT2D eigenvalue weighted by molar-refractivity contribution is -0.135. The molecule has 0 radical (unpaired) electrons. The maximum atomic E-state index is 12.1. The van der Waals surface area contributed by atoms with Crippen molar-refractivity contribution in [1.29, 1.82) is 0 Å². The number of ether oxygens (including phenoxy) is 1. The second kappa shape index (κ2) is 5.66. The van der Waals surface area contributed by atoms with Crippen LogP contribution in [0.5, 0.6) is 0 Å². The van der Waals surface area contributed by atoms with E-state index in [1.54, 1.807) is 6.08 Å². The highest BCUT2D eigenvalue weighted by Crippen LogP contribution is 2.39. The van der Waals surface area contributed by atoms with Crippen LogP contribution in [0.15, 0.2) is 35.8 Å². The van der Waals surface area contributed by atoms with Crippen molar-refractivity contribution < 1.29 is 18.8 Å². The van der Waals surface area contributed by atoms with E-state index < -0.39 is 24.3 Å². The minimum Gasteiger partial charge on any atom is -0.466 e. The summed E-state index contributed by atoms with van der Waals surface area (Å²) in [6, 6.07) is 9.56. The van der Waals surface area contributed by atoms with Crippen LogP contribution in [0.1, 0.15) is 33.3 Å². The Balaban J connectivity index is 2.35. The zero-order valence-corrected chi connectivity index (χ0v) is 13.2. The topological polar surface area (TPSA) is 44.8 Å². The normalized spacial score (nSPS) is 20.4. The van der Waals surface area contributed by atoms with Crippen LogP contribution in [0.4, 0.5) is 0 Å². The van der Waals surface area contributed by atoms with E-state index in [-0.39, 0.29) is 0 Å². The Hall–Kier alpha value is -1.59. The van der Waals surface area contributed by atoms with Crippen LogP contribution in [0, 0.1) is 0 Å². The monoisotopic (exact) mass is 288 g/mol. The lowest BCUT2D eigenvalue weighted by Crippen LogP contribution is -2.41. The van der Waals surface area contributed by atoms with Gasteiger partial charge in [0, 0.05) is 0 Å². The molecule has 0 bridgehead atoms. The number of hydrogen-bond acceptors (Lipinski definition) is 4. The molecule has 0 amide bonds. The summed E-state index contributed by atoms with van der Waals surface area (Å²) in [6.45, 7) is 7.80. The second-order valence-electron chi connectivity index (χ2n) is 6.09. The highest BCUT2D eigenvalue weighted by Gasteiger charge is 2.53. The summed E-state index contributed by atoms with van der Waals surface area (Å²) in [5.41, 5.74) is 0.262. The van der Waals surface area contributed by atoms with E-state index in [0.717, 1.165) is 5.56 Å². The summed E-state index contributed by atoms with van der Waals surface area (Å²) < 4.78 is 16.7. The van der Waals surface area contributed by atoms with Crippen LogP contribution in [0.25, 0.3) is 6.08 Å². The molecule has 5 heteroatoms. The van der Waals surface area contributed by atoms with Gasteiger partial charge in [-0.3, -0.25) is 0 Å². The van der Waals surface area contributed by atoms with Crippen molar-refractivity contribution in [2.24, 2.45) is 0 Å². The van der Waals surface area contributed by atoms with Gasteiger partial charge in [0.1, 0.15) is 0 Å². The maximum Gasteiger partial charge on any atom is 0.502 e. The Labute approximate surface area is 126 Å². The average molecular weight is 288 g/mol. The molecule has 2 rings (SSSR count). The molecular weight excluding hydrogens is 267 g/mol. The Bertz CT molecular complexity index is 533. The lowest BCUT2D eigenvalue weighted by atomic mass is 9.77. The molecule has 112 valence electrons. The zero-order valence-electron chi connectivity index (χ0n) is 13.2. The quantitative estimate of drug-likeness (QED) is 0.487. The fourth-order valence-corrected chi connectivity index (χ4v) is 2.04. The Morgan fingerprint density at radius 2 is 1.62 bits per heavy atom. The smallest absolute Gasteiger partial charge is 0.466 e. The maximum absolute atomic E-state index is 12.1. The summed E-state index contributed by atoms with van der Waals surface area (Å²) in [5, 5.41) is 0. The predicted molar refractivity (Wildman–Crippen MR) is 82.5 cm³/mol. The number of carbonyl (C=O) groups is 1. The molecule has 21 heavy (non-hydrogen) atoms. The molecule has 1 fully saturated rings. The third-order valence-electron chi connectivity index (χ3n) is 4.05. The van der Waals surface area contributed by atoms with Gasteiger partial charge in [-0.2, -0.15) is 0 Å². The number of benzene rings is 1. The van der Waals surface area contributed by atoms with Crippen molar-refractivity contribution in [1.82, 2.24) is 0 Å². The third-order valence-corrected chi connectivity index (χ3v) is 4.05. The van der Waals surface area contributed by atoms with Crippen LogP contribution in [-0.4, -0.2) is 31.4 Å². The van der Waals surface area contributed by atoms with Gasteiger partial charge in [-0.15, -0.1) is 0 Å². The molecule has 1 aliphatic rings. The van der Waals surface area contributed by atoms with Gasteiger partial charge in [0.2, 0.25) is 0 Å². The van der Waals surface area contributed by atoms with Crippen LogP contribution in [-0.2, 0) is 18.8 Å². The average Bonchev–Trinajstić information content (AvgIpc) is 2.65. The van der Waals surface area contributed by atoms with E-state index in [1.165, 1.54) is 7.11 Å². The standard InChI is InChI=1S/C16H21BO4/c1-15(2)16(3,4)21-17(20-15)13(14(18)19-5)11-12-9-7-6-8-10-12/h6-11H,1-5H3/b13-11-. The predicted octanol–water partition coefficient (Wildman–Crippen LogP) is 2.87. The van der Waals surface area contributed by atoms with E-state index in [9.17, 15) is 4.79 Å².